The van der Waals surface area contributed by atoms with Crippen LogP contribution in [-0.4, -0.2) is 27.6 Å². The lowest BCUT2D eigenvalue weighted by atomic mass is 10.0. The van der Waals surface area contributed by atoms with Gasteiger partial charge in [-0.15, -0.1) is 0 Å². The van der Waals surface area contributed by atoms with E-state index in [4.69, 9.17) is 21.5 Å². The molecule has 10 aromatic carbocycles. The van der Waals surface area contributed by atoms with E-state index in [1.54, 1.807) is 0 Å². The van der Waals surface area contributed by atoms with Gasteiger partial charge in [0, 0.05) is 27.5 Å². The zero-order chi connectivity index (χ0) is 46.9. The standard InChI is InChI=1S/C64H43N5Si/c1-65-51-27-19-25-47(41-51)50-37-39-57-56-35-17-18-36-59(56)69(61(57)44-50)60-40-38-49(43-58(60)64-67-62(45-21-7-2-8-22-45)66-63(68-64)46-23-9-3-10-24-46)48-26-20-34-55(42-48)70(52-28-11-4-12-29-52,53-30-13-5-14-31-53)54-32-15-6-16-33-54/h2-44H. The molecule has 0 atom stereocenters. The van der Waals surface area contributed by atoms with Crippen LogP contribution in [-0.2, 0) is 0 Å². The number of hydrogen-bond acceptors (Lipinski definition) is 3. The first-order valence-electron chi connectivity index (χ1n) is 23.5. The minimum Gasteiger partial charge on any atom is -0.308 e. The third-order valence-corrected chi connectivity index (χ3v) is 18.2. The normalized spacial score (nSPS) is 11.4. The van der Waals surface area contributed by atoms with Gasteiger partial charge in [0.05, 0.1) is 23.3 Å². The summed E-state index contributed by atoms with van der Waals surface area (Å²) in [6.45, 7) is 7.75. The number of rotatable bonds is 10. The molecular formula is C64H43N5Si. The van der Waals surface area contributed by atoms with Crippen molar-refractivity contribution in [3.63, 3.8) is 0 Å². The van der Waals surface area contributed by atoms with E-state index < -0.39 is 8.07 Å². The van der Waals surface area contributed by atoms with E-state index in [0.717, 1.165) is 66.4 Å². The Morgan fingerprint density at radius 1 is 0.329 bits per heavy atom. The summed E-state index contributed by atoms with van der Waals surface area (Å²) < 4.78 is 2.36. The van der Waals surface area contributed by atoms with Crippen LogP contribution < -0.4 is 20.7 Å². The first-order chi connectivity index (χ1) is 34.7. The Morgan fingerprint density at radius 3 is 1.37 bits per heavy atom. The predicted octanol–water partition coefficient (Wildman–Crippen LogP) is 13.2. The van der Waals surface area contributed by atoms with Gasteiger partial charge in [-0.3, -0.25) is 0 Å². The van der Waals surface area contributed by atoms with E-state index in [1.807, 2.05) is 54.6 Å². The summed E-state index contributed by atoms with van der Waals surface area (Å²) in [7, 11) is -2.84. The van der Waals surface area contributed by atoms with Crippen molar-refractivity contribution in [3.05, 3.63) is 272 Å². The molecule has 0 bridgehead atoms. The number of benzene rings is 10. The summed E-state index contributed by atoms with van der Waals surface area (Å²) >= 11 is 0. The molecule has 0 saturated heterocycles. The van der Waals surface area contributed by atoms with E-state index in [2.05, 4.69) is 216 Å². The van der Waals surface area contributed by atoms with Gasteiger partial charge in [0.1, 0.15) is 0 Å². The first kappa shape index (κ1) is 42.1. The Kier molecular flexibility index (Phi) is 10.9. The van der Waals surface area contributed by atoms with Gasteiger partial charge < -0.3 is 4.57 Å². The van der Waals surface area contributed by atoms with Gasteiger partial charge >= 0.3 is 0 Å². The van der Waals surface area contributed by atoms with Crippen molar-refractivity contribution >= 4 is 56.3 Å². The number of para-hydroxylation sites is 1. The van der Waals surface area contributed by atoms with Crippen LogP contribution in [0.25, 0.3) is 88.8 Å². The Bertz CT molecular complexity index is 3730. The fourth-order valence-electron chi connectivity index (χ4n) is 10.2. The Labute approximate surface area is 408 Å². The predicted molar refractivity (Wildman–Crippen MR) is 291 cm³/mol. The van der Waals surface area contributed by atoms with Crippen LogP contribution in [0, 0.1) is 6.57 Å². The minimum absolute atomic E-state index is 0.564. The molecule has 0 saturated carbocycles. The summed E-state index contributed by atoms with van der Waals surface area (Å²) in [5.74, 6) is 1.75. The SMILES string of the molecule is [C-]#[N+]c1cccc(-c2ccc3c4ccccc4n(-c4ccc(-c5cccc([Si](c6ccccc6)(c6ccccc6)c6ccccc6)c5)cc4-c4nc(-c5ccccc5)nc(-c5ccccc5)n4)c3c2)c1. The van der Waals surface area contributed by atoms with Crippen molar-refractivity contribution in [2.45, 2.75) is 0 Å². The largest absolute Gasteiger partial charge is 0.308 e. The van der Waals surface area contributed by atoms with Crippen LogP contribution in [0.4, 0.5) is 5.69 Å². The van der Waals surface area contributed by atoms with E-state index in [9.17, 15) is 0 Å². The maximum Gasteiger partial charge on any atom is 0.187 e. The Morgan fingerprint density at radius 2 is 0.771 bits per heavy atom. The van der Waals surface area contributed by atoms with Crippen molar-refractivity contribution in [1.29, 1.82) is 0 Å². The summed E-state index contributed by atoms with van der Waals surface area (Å²) in [6, 6.07) is 92.5. The highest BCUT2D eigenvalue weighted by atomic mass is 28.3. The van der Waals surface area contributed by atoms with Gasteiger partial charge in [0.2, 0.25) is 0 Å². The van der Waals surface area contributed by atoms with Crippen molar-refractivity contribution in [2.24, 2.45) is 0 Å². The van der Waals surface area contributed by atoms with Crippen molar-refractivity contribution in [1.82, 2.24) is 19.5 Å². The smallest absolute Gasteiger partial charge is 0.187 e. The second-order valence-electron chi connectivity index (χ2n) is 17.4. The van der Waals surface area contributed by atoms with Crippen molar-refractivity contribution in [2.75, 3.05) is 0 Å². The van der Waals surface area contributed by atoms with Crippen molar-refractivity contribution in [3.8, 4) is 62.1 Å². The molecule has 328 valence electrons. The molecule has 0 aliphatic carbocycles. The van der Waals surface area contributed by atoms with Gasteiger partial charge in [-0.1, -0.05) is 231 Å². The average molecular weight is 910 g/mol. The summed E-state index contributed by atoms with van der Waals surface area (Å²) in [5, 5.41) is 7.50. The van der Waals surface area contributed by atoms with Crippen LogP contribution >= 0.6 is 0 Å². The molecule has 0 N–H and O–H groups in total. The molecule has 0 unspecified atom stereocenters. The highest BCUT2D eigenvalue weighted by Crippen LogP contribution is 2.40. The maximum absolute atomic E-state index is 7.75. The zero-order valence-corrected chi connectivity index (χ0v) is 39.1. The molecule has 70 heavy (non-hydrogen) atoms. The van der Waals surface area contributed by atoms with E-state index in [1.165, 1.54) is 20.7 Å². The van der Waals surface area contributed by atoms with Gasteiger partial charge in [0.15, 0.2) is 31.2 Å². The lowest BCUT2D eigenvalue weighted by molar-refractivity contribution is 1.06. The molecule has 12 rings (SSSR count). The number of hydrogen-bond donors (Lipinski definition) is 0. The third-order valence-electron chi connectivity index (χ3n) is 13.4. The van der Waals surface area contributed by atoms with Gasteiger partial charge in [-0.2, -0.15) is 0 Å². The Balaban J connectivity index is 1.14. The lowest BCUT2D eigenvalue weighted by Gasteiger charge is -2.34. The van der Waals surface area contributed by atoms with E-state index >= 15 is 0 Å². The summed E-state index contributed by atoms with van der Waals surface area (Å²) in [6.07, 6.45) is 0. The number of fused-ring (bicyclic) bond motifs is 3. The minimum atomic E-state index is -2.84. The molecule has 2 aromatic heterocycles. The molecule has 0 fully saturated rings. The third kappa shape index (κ3) is 7.48. The van der Waals surface area contributed by atoms with Crippen LogP contribution in [0.1, 0.15) is 0 Å². The number of aromatic nitrogens is 4. The molecule has 6 heteroatoms. The summed E-state index contributed by atoms with van der Waals surface area (Å²) in [5.41, 5.74) is 10.5. The van der Waals surface area contributed by atoms with Crippen LogP contribution in [0.3, 0.4) is 0 Å². The quantitative estimate of drug-likeness (QED) is 0.0780. The molecule has 0 radical (unpaired) electrons. The van der Waals surface area contributed by atoms with E-state index in [-0.39, 0.29) is 0 Å². The first-order valence-corrected chi connectivity index (χ1v) is 25.5. The van der Waals surface area contributed by atoms with E-state index in [0.29, 0.717) is 23.2 Å². The molecular weight excluding hydrogens is 867 g/mol. The monoisotopic (exact) mass is 909 g/mol. The van der Waals surface area contributed by atoms with Crippen LogP contribution in [0.2, 0.25) is 0 Å². The lowest BCUT2D eigenvalue weighted by Crippen LogP contribution is -2.74. The fourth-order valence-corrected chi connectivity index (χ4v) is 15.0. The highest BCUT2D eigenvalue weighted by molar-refractivity contribution is 7.19. The molecule has 5 nitrogen and oxygen atoms in total. The van der Waals surface area contributed by atoms with Crippen molar-refractivity contribution < 1.29 is 0 Å². The fraction of sp³-hybridized carbons (Fsp3) is 0. The molecule has 0 aliphatic heterocycles. The zero-order valence-electron chi connectivity index (χ0n) is 38.1. The summed E-state index contributed by atoms with van der Waals surface area (Å²) in [4.78, 5) is 19.6. The number of nitrogens with zero attached hydrogens (tertiary/aromatic N) is 5. The molecule has 0 spiro atoms. The molecule has 0 aliphatic rings. The molecule has 0 amide bonds. The van der Waals surface area contributed by atoms with Crippen LogP contribution in [0.15, 0.2) is 261 Å². The van der Waals surface area contributed by atoms with Gasteiger partial charge in [-0.05, 0) is 73.3 Å². The maximum atomic E-state index is 7.75. The second kappa shape index (κ2) is 18.1. The topological polar surface area (TPSA) is 48.0 Å². The highest BCUT2D eigenvalue weighted by Gasteiger charge is 2.41. The molecule has 2 heterocycles. The molecule has 12 aromatic rings. The Hall–Kier alpha value is -9.28. The average Bonchev–Trinajstić information content (AvgIpc) is 3.78. The van der Waals surface area contributed by atoms with Gasteiger partial charge in [0.25, 0.3) is 0 Å². The van der Waals surface area contributed by atoms with Crippen LogP contribution in [0.5, 0.6) is 0 Å². The second-order valence-corrected chi connectivity index (χ2v) is 21.3. The van der Waals surface area contributed by atoms with Gasteiger partial charge in [-0.25, -0.2) is 19.8 Å².